The Morgan fingerprint density at radius 1 is 1.00 bits per heavy atom. The molecular formula is C23H44O2Si. The van der Waals surface area contributed by atoms with Crippen molar-refractivity contribution in [2.24, 2.45) is 11.3 Å². The van der Waals surface area contributed by atoms with Crippen molar-refractivity contribution in [3.63, 3.8) is 0 Å². The van der Waals surface area contributed by atoms with Gasteiger partial charge in [-0.3, -0.25) is 0 Å². The Morgan fingerprint density at radius 3 is 2.00 bits per heavy atom. The minimum Gasteiger partial charge on any atom is -0.412 e. The van der Waals surface area contributed by atoms with E-state index in [0.29, 0.717) is 28.6 Å². The van der Waals surface area contributed by atoms with E-state index in [2.05, 4.69) is 61.5 Å². The lowest BCUT2D eigenvalue weighted by atomic mass is 9.81. The fourth-order valence-electron chi connectivity index (χ4n) is 6.17. The molecule has 0 saturated heterocycles. The van der Waals surface area contributed by atoms with Crippen molar-refractivity contribution in [2.75, 3.05) is 7.11 Å². The van der Waals surface area contributed by atoms with Gasteiger partial charge in [-0.05, 0) is 48.7 Å². The van der Waals surface area contributed by atoms with Crippen LogP contribution in [0.3, 0.4) is 0 Å². The van der Waals surface area contributed by atoms with E-state index >= 15 is 0 Å². The molecule has 1 unspecified atom stereocenters. The minimum atomic E-state index is -1.91. The first kappa shape index (κ1) is 22.2. The van der Waals surface area contributed by atoms with Crippen molar-refractivity contribution in [1.82, 2.24) is 0 Å². The molecule has 0 amide bonds. The zero-order valence-corrected chi connectivity index (χ0v) is 19.9. The fraction of sp³-hybridized carbons (Fsp3) is 0.913. The molecule has 0 aromatic rings. The quantitative estimate of drug-likeness (QED) is 0.346. The Morgan fingerprint density at radius 2 is 1.58 bits per heavy atom. The van der Waals surface area contributed by atoms with Crippen LogP contribution in [0.15, 0.2) is 11.6 Å². The Labute approximate surface area is 164 Å². The lowest BCUT2D eigenvalue weighted by Crippen LogP contribution is -2.54. The van der Waals surface area contributed by atoms with E-state index in [1.165, 1.54) is 25.7 Å². The van der Waals surface area contributed by atoms with Crippen molar-refractivity contribution < 1.29 is 9.16 Å². The second-order valence-electron chi connectivity index (χ2n) is 10.3. The minimum absolute atomic E-state index is 0.0641. The predicted molar refractivity (Wildman–Crippen MR) is 115 cm³/mol. The molecule has 2 rings (SSSR count). The van der Waals surface area contributed by atoms with Crippen molar-refractivity contribution >= 4 is 8.32 Å². The zero-order valence-electron chi connectivity index (χ0n) is 18.9. The van der Waals surface area contributed by atoms with Crippen LogP contribution in [-0.4, -0.2) is 27.6 Å². The Hall–Kier alpha value is -0.123. The van der Waals surface area contributed by atoms with E-state index in [1.54, 1.807) is 5.57 Å². The summed E-state index contributed by atoms with van der Waals surface area (Å²) in [5.74, 6) is 0.540. The van der Waals surface area contributed by atoms with Crippen molar-refractivity contribution in [3.8, 4) is 0 Å². The van der Waals surface area contributed by atoms with Gasteiger partial charge in [0, 0.05) is 18.4 Å². The molecule has 1 saturated carbocycles. The molecule has 26 heavy (non-hydrogen) atoms. The normalized spacial score (nSPS) is 29.7. The number of allylic oxidation sites excluding steroid dienone is 1. The SMILES string of the molecule is CO[C@H]1CC(C2=CCCCC2)[C@H](O[Si](C(C)C)(C(C)C)C(C)C)C1(C)C. The van der Waals surface area contributed by atoms with Gasteiger partial charge in [-0.25, -0.2) is 0 Å². The molecule has 2 aliphatic carbocycles. The van der Waals surface area contributed by atoms with E-state index < -0.39 is 8.32 Å². The van der Waals surface area contributed by atoms with E-state index in [1.807, 2.05) is 7.11 Å². The smallest absolute Gasteiger partial charge is 0.200 e. The average Bonchev–Trinajstić information content (AvgIpc) is 2.82. The van der Waals surface area contributed by atoms with Gasteiger partial charge in [-0.1, -0.05) is 67.0 Å². The fourth-order valence-corrected chi connectivity index (χ4v) is 11.9. The van der Waals surface area contributed by atoms with Gasteiger partial charge >= 0.3 is 0 Å². The lowest BCUT2D eigenvalue weighted by Gasteiger charge is -2.48. The van der Waals surface area contributed by atoms with Gasteiger partial charge in [0.25, 0.3) is 0 Å². The maximum absolute atomic E-state index is 7.41. The van der Waals surface area contributed by atoms with Gasteiger partial charge in [-0.2, -0.15) is 0 Å². The van der Waals surface area contributed by atoms with Crippen LogP contribution in [0.5, 0.6) is 0 Å². The Kier molecular flexibility index (Phi) is 7.24. The maximum atomic E-state index is 7.41. The second-order valence-corrected chi connectivity index (χ2v) is 15.7. The highest BCUT2D eigenvalue weighted by molar-refractivity contribution is 6.77. The summed E-state index contributed by atoms with van der Waals surface area (Å²) in [6.45, 7) is 19.2. The predicted octanol–water partition coefficient (Wildman–Crippen LogP) is 7.11. The summed E-state index contributed by atoms with van der Waals surface area (Å²) in [5.41, 5.74) is 3.60. The molecule has 0 heterocycles. The first-order valence-electron chi connectivity index (χ1n) is 11.0. The van der Waals surface area contributed by atoms with Gasteiger partial charge in [0.2, 0.25) is 8.32 Å². The molecule has 0 spiro atoms. The molecule has 0 aliphatic heterocycles. The van der Waals surface area contributed by atoms with Crippen molar-refractivity contribution in [1.29, 1.82) is 0 Å². The van der Waals surface area contributed by atoms with Gasteiger partial charge in [0.05, 0.1) is 12.2 Å². The van der Waals surface area contributed by atoms with E-state index in [4.69, 9.17) is 9.16 Å². The highest BCUT2D eigenvalue weighted by atomic mass is 28.4. The summed E-state index contributed by atoms with van der Waals surface area (Å²) in [7, 11) is -0.0239. The second kappa shape index (κ2) is 8.49. The third-order valence-corrected chi connectivity index (χ3v) is 13.6. The molecule has 3 atom stereocenters. The van der Waals surface area contributed by atoms with Crippen LogP contribution >= 0.6 is 0 Å². The molecule has 0 aromatic heterocycles. The third kappa shape index (κ3) is 3.86. The first-order chi connectivity index (χ1) is 12.1. The molecule has 2 aliphatic rings. The first-order valence-corrected chi connectivity index (χ1v) is 13.1. The van der Waals surface area contributed by atoms with Crippen molar-refractivity contribution in [3.05, 3.63) is 11.6 Å². The molecule has 0 N–H and O–H groups in total. The van der Waals surface area contributed by atoms with Crippen molar-refractivity contribution in [2.45, 2.75) is 116 Å². The molecule has 0 bridgehead atoms. The monoisotopic (exact) mass is 380 g/mol. The zero-order chi connectivity index (χ0) is 19.7. The molecule has 2 nitrogen and oxygen atoms in total. The van der Waals surface area contributed by atoms with Gasteiger partial charge in [0.1, 0.15) is 0 Å². The highest BCUT2D eigenvalue weighted by Crippen LogP contribution is 2.53. The summed E-state index contributed by atoms with van der Waals surface area (Å²) < 4.78 is 13.4. The standard InChI is InChI=1S/C23H44O2Si/c1-16(2)26(17(3)4,18(5)6)25-22-20(19-13-11-10-12-14-19)15-21(24-9)23(22,7)8/h13,16-18,20-22H,10-12,14-15H2,1-9H3/t20?,21-,22-/m0/s1. The average molecular weight is 381 g/mol. The summed E-state index contributed by atoms with van der Waals surface area (Å²) >= 11 is 0. The van der Waals surface area contributed by atoms with Crippen LogP contribution in [0.4, 0.5) is 0 Å². The molecule has 0 radical (unpaired) electrons. The molecule has 1 fully saturated rings. The summed E-state index contributed by atoms with van der Waals surface area (Å²) in [5, 5.41) is 0. The molecule has 0 aromatic carbocycles. The number of ether oxygens (including phenoxy) is 1. The largest absolute Gasteiger partial charge is 0.412 e. The maximum Gasteiger partial charge on any atom is 0.200 e. The van der Waals surface area contributed by atoms with E-state index in [9.17, 15) is 0 Å². The van der Waals surface area contributed by atoms with Crippen LogP contribution < -0.4 is 0 Å². The summed E-state index contributed by atoms with van der Waals surface area (Å²) in [4.78, 5) is 0. The van der Waals surface area contributed by atoms with Gasteiger partial charge < -0.3 is 9.16 Å². The summed E-state index contributed by atoms with van der Waals surface area (Å²) in [6.07, 6.45) is 9.43. The highest BCUT2D eigenvalue weighted by Gasteiger charge is 2.56. The van der Waals surface area contributed by atoms with Crippen LogP contribution in [0.1, 0.15) is 87.5 Å². The van der Waals surface area contributed by atoms with Crippen LogP contribution in [0, 0.1) is 11.3 Å². The van der Waals surface area contributed by atoms with Crippen LogP contribution in [-0.2, 0) is 9.16 Å². The number of rotatable bonds is 7. The van der Waals surface area contributed by atoms with Crippen LogP contribution in [0.25, 0.3) is 0 Å². The topological polar surface area (TPSA) is 18.5 Å². The molecule has 3 heteroatoms. The number of methoxy groups -OCH3 is 1. The lowest BCUT2D eigenvalue weighted by molar-refractivity contribution is -0.0214. The summed E-state index contributed by atoms with van der Waals surface area (Å²) in [6, 6.07) is 0. The molecule has 152 valence electrons. The number of hydrogen-bond donors (Lipinski definition) is 0. The Balaban J connectivity index is 2.44. The molecular weight excluding hydrogens is 336 g/mol. The van der Waals surface area contributed by atoms with Crippen LogP contribution in [0.2, 0.25) is 16.6 Å². The third-order valence-electron chi connectivity index (χ3n) is 7.52. The van der Waals surface area contributed by atoms with Gasteiger partial charge in [-0.15, -0.1) is 0 Å². The van der Waals surface area contributed by atoms with E-state index in [-0.39, 0.29) is 11.5 Å². The van der Waals surface area contributed by atoms with E-state index in [0.717, 1.165) is 6.42 Å². The van der Waals surface area contributed by atoms with Gasteiger partial charge in [0.15, 0.2) is 0 Å². The number of hydrogen-bond acceptors (Lipinski definition) is 2. The Bertz CT molecular complexity index is 471.